The van der Waals surface area contributed by atoms with Crippen LogP contribution >= 0.6 is 0 Å². The molecule has 130 valence electrons. The third-order valence-electron chi connectivity index (χ3n) is 4.92. The lowest BCUT2D eigenvalue weighted by Crippen LogP contribution is -2.50. The maximum Gasteiger partial charge on any atom is 0.251 e. The minimum atomic E-state index is -0.229. The van der Waals surface area contributed by atoms with Crippen molar-refractivity contribution in [2.75, 3.05) is 24.6 Å². The van der Waals surface area contributed by atoms with Crippen molar-refractivity contribution in [3.05, 3.63) is 48.5 Å². The van der Waals surface area contributed by atoms with Crippen molar-refractivity contribution in [1.29, 1.82) is 0 Å². The Labute approximate surface area is 146 Å². The number of nitrogens with one attached hydrogen (secondary N) is 1. The number of ether oxygens (including phenoxy) is 1. The molecule has 1 N–H and O–H groups in total. The zero-order valence-electron chi connectivity index (χ0n) is 14.0. The summed E-state index contributed by atoms with van der Waals surface area (Å²) < 4.78 is 6.14. The lowest BCUT2D eigenvalue weighted by Gasteiger charge is -2.38. The average Bonchev–Trinajstić information content (AvgIpc) is 3.06. The second kappa shape index (κ2) is 6.76. The molecule has 2 aromatic heterocycles. The largest absolute Gasteiger partial charge is 0.373 e. The van der Waals surface area contributed by atoms with Gasteiger partial charge in [0.15, 0.2) is 0 Å². The van der Waals surface area contributed by atoms with E-state index in [0.29, 0.717) is 12.2 Å². The highest BCUT2D eigenvalue weighted by molar-refractivity contribution is 5.94. The number of amides is 1. The molecule has 0 aromatic carbocycles. The summed E-state index contributed by atoms with van der Waals surface area (Å²) >= 11 is 0. The van der Waals surface area contributed by atoms with Gasteiger partial charge in [-0.05, 0) is 37.5 Å². The Morgan fingerprint density at radius 2 is 2.04 bits per heavy atom. The number of aromatic nitrogens is 3. The molecule has 1 spiro atoms. The summed E-state index contributed by atoms with van der Waals surface area (Å²) in [6, 6.07) is 5.39. The number of nitrogens with zero attached hydrogens (tertiary/aromatic N) is 4. The molecule has 0 aliphatic carbocycles. The predicted octanol–water partition coefficient (Wildman–Crippen LogP) is 1.43. The van der Waals surface area contributed by atoms with E-state index in [0.717, 1.165) is 38.3 Å². The molecule has 2 aliphatic heterocycles. The second-order valence-corrected chi connectivity index (χ2v) is 6.65. The zero-order chi connectivity index (χ0) is 17.1. The molecule has 25 heavy (non-hydrogen) atoms. The van der Waals surface area contributed by atoms with Gasteiger partial charge in [0.05, 0.1) is 12.1 Å². The van der Waals surface area contributed by atoms with Crippen molar-refractivity contribution < 1.29 is 9.53 Å². The topological polar surface area (TPSA) is 80.2 Å². The van der Waals surface area contributed by atoms with E-state index in [-0.39, 0.29) is 17.6 Å². The summed E-state index contributed by atoms with van der Waals surface area (Å²) in [5.74, 6) is 0.691. The Hall–Kier alpha value is -2.54. The lowest BCUT2D eigenvalue weighted by atomic mass is 9.89. The van der Waals surface area contributed by atoms with Crippen LogP contribution in [0.15, 0.2) is 43.0 Å². The molecule has 1 amide bonds. The van der Waals surface area contributed by atoms with E-state index in [1.807, 2.05) is 6.07 Å². The minimum absolute atomic E-state index is 0.0503. The molecule has 2 saturated heterocycles. The molecule has 7 heteroatoms. The molecule has 2 aliphatic rings. The van der Waals surface area contributed by atoms with E-state index >= 15 is 0 Å². The molecule has 0 saturated carbocycles. The fourth-order valence-electron chi connectivity index (χ4n) is 3.68. The maximum atomic E-state index is 12.4. The monoisotopic (exact) mass is 339 g/mol. The molecule has 7 nitrogen and oxygen atoms in total. The smallest absolute Gasteiger partial charge is 0.251 e. The first kappa shape index (κ1) is 16.0. The van der Waals surface area contributed by atoms with Crippen molar-refractivity contribution in [2.24, 2.45) is 0 Å². The fraction of sp³-hybridized carbons (Fsp3) is 0.444. The van der Waals surface area contributed by atoms with Gasteiger partial charge < -0.3 is 15.0 Å². The minimum Gasteiger partial charge on any atom is -0.373 e. The van der Waals surface area contributed by atoms with Gasteiger partial charge in [-0.15, -0.1) is 0 Å². The number of pyridine rings is 1. The number of carbonyl (C=O) groups excluding carboxylic acids is 1. The fourth-order valence-corrected chi connectivity index (χ4v) is 3.68. The molecule has 2 fully saturated rings. The molecule has 2 aromatic rings. The van der Waals surface area contributed by atoms with Crippen molar-refractivity contribution >= 4 is 11.9 Å². The number of rotatable bonds is 3. The summed E-state index contributed by atoms with van der Waals surface area (Å²) in [7, 11) is 0. The van der Waals surface area contributed by atoms with Crippen molar-refractivity contribution in [2.45, 2.75) is 30.9 Å². The van der Waals surface area contributed by atoms with Gasteiger partial charge in [-0.2, -0.15) is 0 Å². The quantitative estimate of drug-likeness (QED) is 0.911. The standard InChI is InChI=1S/C18H21N5O2/c24-16(14-2-8-19-9-3-14)22-15-4-11-25-18(12-15)5-10-23(13-18)17-20-6-1-7-21-17/h1-3,6-9,15H,4-5,10-13H2,(H,22,24)/t15-,18+/m0/s1. The molecular weight excluding hydrogens is 318 g/mol. The zero-order valence-corrected chi connectivity index (χ0v) is 14.0. The Morgan fingerprint density at radius 3 is 2.84 bits per heavy atom. The van der Waals surface area contributed by atoms with Crippen LogP contribution in [-0.4, -0.2) is 52.2 Å². The summed E-state index contributed by atoms with van der Waals surface area (Å²) in [4.78, 5) is 27.2. The van der Waals surface area contributed by atoms with Gasteiger partial charge >= 0.3 is 0 Å². The van der Waals surface area contributed by atoms with E-state index in [2.05, 4.69) is 25.2 Å². The van der Waals surface area contributed by atoms with E-state index in [9.17, 15) is 4.79 Å². The molecule has 2 atom stereocenters. The molecule has 0 radical (unpaired) electrons. The Kier molecular flexibility index (Phi) is 4.31. The van der Waals surface area contributed by atoms with Gasteiger partial charge in [-0.25, -0.2) is 9.97 Å². The highest BCUT2D eigenvalue weighted by Gasteiger charge is 2.44. The predicted molar refractivity (Wildman–Crippen MR) is 92.3 cm³/mol. The van der Waals surface area contributed by atoms with Gasteiger partial charge in [0.1, 0.15) is 0 Å². The normalized spacial score (nSPS) is 25.9. The molecule has 0 unspecified atom stereocenters. The van der Waals surface area contributed by atoms with Crippen LogP contribution in [0.25, 0.3) is 0 Å². The Bertz CT molecular complexity index is 727. The highest BCUT2D eigenvalue weighted by atomic mass is 16.5. The van der Waals surface area contributed by atoms with E-state index < -0.39 is 0 Å². The van der Waals surface area contributed by atoms with Gasteiger partial charge in [0.2, 0.25) is 5.95 Å². The molecule has 0 bridgehead atoms. The van der Waals surface area contributed by atoms with Crippen LogP contribution in [0.4, 0.5) is 5.95 Å². The second-order valence-electron chi connectivity index (χ2n) is 6.65. The van der Waals surface area contributed by atoms with E-state index in [4.69, 9.17) is 4.74 Å². The summed E-state index contributed by atoms with van der Waals surface area (Å²) in [5.41, 5.74) is 0.412. The third kappa shape index (κ3) is 3.46. The van der Waals surface area contributed by atoms with Crippen LogP contribution in [0.5, 0.6) is 0 Å². The van der Waals surface area contributed by atoms with Crippen LogP contribution in [0, 0.1) is 0 Å². The molecular formula is C18H21N5O2. The lowest BCUT2D eigenvalue weighted by molar-refractivity contribution is -0.0721. The number of hydrogen-bond acceptors (Lipinski definition) is 6. The van der Waals surface area contributed by atoms with E-state index in [1.165, 1.54) is 0 Å². The summed E-state index contributed by atoms with van der Waals surface area (Å²) in [6.45, 7) is 2.29. The highest BCUT2D eigenvalue weighted by Crippen LogP contribution is 2.35. The molecule has 4 rings (SSSR count). The van der Waals surface area contributed by atoms with Crippen LogP contribution in [0.2, 0.25) is 0 Å². The van der Waals surface area contributed by atoms with Crippen molar-refractivity contribution in [3.8, 4) is 0 Å². The Morgan fingerprint density at radius 1 is 1.24 bits per heavy atom. The summed E-state index contributed by atoms with van der Waals surface area (Å²) in [6.07, 6.45) is 9.35. The third-order valence-corrected chi connectivity index (χ3v) is 4.92. The first-order chi connectivity index (χ1) is 12.2. The number of hydrogen-bond donors (Lipinski definition) is 1. The Balaban J connectivity index is 1.40. The van der Waals surface area contributed by atoms with Crippen molar-refractivity contribution in [1.82, 2.24) is 20.3 Å². The number of anilines is 1. The summed E-state index contributed by atoms with van der Waals surface area (Å²) in [5, 5.41) is 3.14. The number of carbonyl (C=O) groups is 1. The van der Waals surface area contributed by atoms with Crippen LogP contribution in [0.1, 0.15) is 29.6 Å². The van der Waals surface area contributed by atoms with Crippen LogP contribution in [0.3, 0.4) is 0 Å². The van der Waals surface area contributed by atoms with Gasteiger partial charge in [-0.3, -0.25) is 9.78 Å². The van der Waals surface area contributed by atoms with Gasteiger partial charge in [-0.1, -0.05) is 0 Å². The van der Waals surface area contributed by atoms with Crippen molar-refractivity contribution in [3.63, 3.8) is 0 Å². The van der Waals surface area contributed by atoms with Gasteiger partial charge in [0.25, 0.3) is 5.91 Å². The average molecular weight is 339 g/mol. The molecule has 4 heterocycles. The van der Waals surface area contributed by atoms with Crippen LogP contribution < -0.4 is 10.2 Å². The first-order valence-corrected chi connectivity index (χ1v) is 8.61. The van der Waals surface area contributed by atoms with E-state index in [1.54, 1.807) is 36.9 Å². The maximum absolute atomic E-state index is 12.4. The van der Waals surface area contributed by atoms with Gasteiger partial charge in [0, 0.05) is 49.5 Å². The SMILES string of the molecule is O=C(N[C@H]1CCO[C@]2(CCN(c3ncccn3)C2)C1)c1ccncc1. The van der Waals surface area contributed by atoms with Crippen LogP contribution in [-0.2, 0) is 4.74 Å². The first-order valence-electron chi connectivity index (χ1n) is 8.61.